The van der Waals surface area contributed by atoms with E-state index in [-0.39, 0.29) is 0 Å². The zero-order valence-electron chi connectivity index (χ0n) is 10.5. The van der Waals surface area contributed by atoms with Gasteiger partial charge in [-0.05, 0) is 40.9 Å². The largest absolute Gasteiger partial charge is 0.310 e. The molecule has 2 rings (SSSR count). The molecule has 0 spiro atoms. The molecule has 0 radical (unpaired) electrons. The van der Waals surface area contributed by atoms with Crippen LogP contribution in [0.1, 0.15) is 31.2 Å². The average molecular weight is 318 g/mol. The van der Waals surface area contributed by atoms with Gasteiger partial charge in [0.05, 0.1) is 15.9 Å². The minimum Gasteiger partial charge on any atom is -0.310 e. The quantitative estimate of drug-likeness (QED) is 0.905. The summed E-state index contributed by atoms with van der Waals surface area (Å²) in [6.07, 6.45) is 3.73. The molecule has 1 aliphatic rings. The molecule has 0 amide bonds. The Balaban J connectivity index is 1.87. The molecule has 0 saturated carbocycles. The normalized spacial score (nSPS) is 20.1. The number of aryl methyl sites for hydroxylation is 2. The molecule has 1 aromatic rings. The number of nitrogens with zero attached hydrogens (tertiary/aromatic N) is 2. The van der Waals surface area contributed by atoms with Crippen LogP contribution in [0.25, 0.3) is 0 Å². The minimum atomic E-state index is 0.813. The second-order valence-corrected chi connectivity index (χ2v) is 6.65. The van der Waals surface area contributed by atoms with Gasteiger partial charge in [0.1, 0.15) is 0 Å². The van der Waals surface area contributed by atoms with Crippen LogP contribution in [-0.4, -0.2) is 27.3 Å². The monoisotopic (exact) mass is 317 g/mol. The number of hydrogen-bond acceptors (Lipinski definition) is 3. The molecule has 0 aliphatic carbocycles. The highest BCUT2D eigenvalue weighted by Crippen LogP contribution is 2.26. The Morgan fingerprint density at radius 1 is 1.59 bits per heavy atom. The predicted molar refractivity (Wildman–Crippen MR) is 77.5 cm³/mol. The summed E-state index contributed by atoms with van der Waals surface area (Å²) in [5.74, 6) is 1.34. The summed E-state index contributed by atoms with van der Waals surface area (Å²) in [5.41, 5.74) is 2.41. The molecule has 0 aromatic carbocycles. The average Bonchev–Trinajstić information content (AvgIpc) is 2.91. The van der Waals surface area contributed by atoms with Crippen molar-refractivity contribution in [1.29, 1.82) is 0 Å². The maximum Gasteiger partial charge on any atom is 0.0767 e. The molecule has 1 atom stereocenters. The lowest BCUT2D eigenvalue weighted by Gasteiger charge is -2.10. The number of aromatic nitrogens is 2. The fourth-order valence-corrected chi connectivity index (χ4v) is 4.16. The van der Waals surface area contributed by atoms with Gasteiger partial charge >= 0.3 is 0 Å². The van der Waals surface area contributed by atoms with Gasteiger partial charge in [-0.1, -0.05) is 6.92 Å². The van der Waals surface area contributed by atoms with E-state index in [2.05, 4.69) is 45.0 Å². The first-order valence-electron chi connectivity index (χ1n) is 6.25. The molecule has 96 valence electrons. The summed E-state index contributed by atoms with van der Waals surface area (Å²) < 4.78 is 3.16. The summed E-state index contributed by atoms with van der Waals surface area (Å²) in [4.78, 5) is 0. The molecule has 5 heteroatoms. The van der Waals surface area contributed by atoms with Crippen molar-refractivity contribution >= 4 is 27.7 Å². The van der Waals surface area contributed by atoms with Crippen LogP contribution >= 0.6 is 27.7 Å². The van der Waals surface area contributed by atoms with Gasteiger partial charge in [0, 0.05) is 25.4 Å². The molecule has 1 aromatic heterocycles. The van der Waals surface area contributed by atoms with E-state index in [4.69, 9.17) is 0 Å². The Labute approximate surface area is 116 Å². The van der Waals surface area contributed by atoms with Crippen molar-refractivity contribution in [1.82, 2.24) is 15.1 Å². The molecular weight excluding hydrogens is 298 g/mol. The topological polar surface area (TPSA) is 29.9 Å². The Bertz CT molecular complexity index is 372. The van der Waals surface area contributed by atoms with Gasteiger partial charge in [-0.15, -0.1) is 0 Å². The number of halogens is 1. The number of nitrogens with one attached hydrogen (secondary N) is 1. The van der Waals surface area contributed by atoms with Crippen LogP contribution in [0.2, 0.25) is 0 Å². The summed E-state index contributed by atoms with van der Waals surface area (Å²) >= 11 is 5.75. The molecule has 2 heterocycles. The third-order valence-electron chi connectivity index (χ3n) is 3.19. The van der Waals surface area contributed by atoms with Crippen molar-refractivity contribution in [2.24, 2.45) is 7.05 Å². The Morgan fingerprint density at radius 3 is 3.00 bits per heavy atom. The van der Waals surface area contributed by atoms with E-state index < -0.39 is 0 Å². The van der Waals surface area contributed by atoms with Gasteiger partial charge in [0.15, 0.2) is 0 Å². The van der Waals surface area contributed by atoms with Gasteiger partial charge in [0.25, 0.3) is 0 Å². The lowest BCUT2D eigenvalue weighted by atomic mass is 10.2. The van der Waals surface area contributed by atoms with Gasteiger partial charge in [-0.3, -0.25) is 4.68 Å². The van der Waals surface area contributed by atoms with Crippen molar-refractivity contribution in [2.45, 2.75) is 38.0 Å². The Morgan fingerprint density at radius 2 is 2.41 bits per heavy atom. The maximum absolute atomic E-state index is 4.50. The van der Waals surface area contributed by atoms with Gasteiger partial charge in [-0.25, -0.2) is 0 Å². The van der Waals surface area contributed by atoms with Crippen LogP contribution in [0.5, 0.6) is 0 Å². The number of thioether (sulfide) groups is 1. The van der Waals surface area contributed by atoms with E-state index in [1.807, 2.05) is 11.7 Å². The molecule has 1 fully saturated rings. The van der Waals surface area contributed by atoms with E-state index in [0.717, 1.165) is 30.5 Å². The van der Waals surface area contributed by atoms with Crippen LogP contribution in [0, 0.1) is 0 Å². The highest BCUT2D eigenvalue weighted by Gasteiger charge is 2.16. The van der Waals surface area contributed by atoms with Gasteiger partial charge in [-0.2, -0.15) is 16.9 Å². The smallest absolute Gasteiger partial charge is 0.0767 e. The fourth-order valence-electron chi connectivity index (χ4n) is 2.17. The number of rotatable bonds is 5. The molecule has 0 bridgehead atoms. The van der Waals surface area contributed by atoms with Crippen molar-refractivity contribution in [3.63, 3.8) is 0 Å². The highest BCUT2D eigenvalue weighted by molar-refractivity contribution is 9.10. The lowest BCUT2D eigenvalue weighted by molar-refractivity contribution is 0.604. The standard InChI is InChI=1S/C12H20BrN3S/c1-3-10-12(13)11(16(2)15-10)8-14-7-9-5-4-6-17-9/h9,14H,3-8H2,1-2H3. The van der Waals surface area contributed by atoms with Crippen LogP contribution in [0.3, 0.4) is 0 Å². The van der Waals surface area contributed by atoms with Crippen molar-refractivity contribution in [3.05, 3.63) is 15.9 Å². The summed E-state index contributed by atoms with van der Waals surface area (Å²) in [7, 11) is 2.02. The second kappa shape index (κ2) is 6.25. The SMILES string of the molecule is CCc1nn(C)c(CNCC2CCCS2)c1Br. The van der Waals surface area contributed by atoms with E-state index in [1.54, 1.807) is 0 Å². The van der Waals surface area contributed by atoms with E-state index in [9.17, 15) is 0 Å². The molecule has 1 N–H and O–H groups in total. The molecule has 1 unspecified atom stereocenters. The molecule has 1 saturated heterocycles. The predicted octanol–water partition coefficient (Wildman–Crippen LogP) is 2.73. The summed E-state index contributed by atoms with van der Waals surface area (Å²) in [6.45, 7) is 4.16. The van der Waals surface area contributed by atoms with Crippen molar-refractivity contribution in [2.75, 3.05) is 12.3 Å². The van der Waals surface area contributed by atoms with Gasteiger partial charge < -0.3 is 5.32 Å². The first kappa shape index (κ1) is 13.4. The first-order chi connectivity index (χ1) is 8.22. The second-order valence-electron chi connectivity index (χ2n) is 4.45. The molecule has 3 nitrogen and oxygen atoms in total. The third kappa shape index (κ3) is 3.26. The van der Waals surface area contributed by atoms with Crippen molar-refractivity contribution < 1.29 is 0 Å². The van der Waals surface area contributed by atoms with E-state index in [0.29, 0.717) is 0 Å². The zero-order chi connectivity index (χ0) is 12.3. The van der Waals surface area contributed by atoms with E-state index in [1.165, 1.54) is 28.8 Å². The lowest BCUT2D eigenvalue weighted by Crippen LogP contribution is -2.23. The van der Waals surface area contributed by atoms with E-state index >= 15 is 0 Å². The summed E-state index contributed by atoms with van der Waals surface area (Å²) in [5, 5.41) is 8.87. The maximum atomic E-state index is 4.50. The van der Waals surface area contributed by atoms with Crippen LogP contribution < -0.4 is 5.32 Å². The van der Waals surface area contributed by atoms with Crippen LogP contribution in [0.15, 0.2) is 4.47 Å². The molecule has 17 heavy (non-hydrogen) atoms. The minimum absolute atomic E-state index is 0.813. The Hall–Kier alpha value is -0.000000000000000111. The highest BCUT2D eigenvalue weighted by atomic mass is 79.9. The van der Waals surface area contributed by atoms with Crippen LogP contribution in [-0.2, 0) is 20.0 Å². The fraction of sp³-hybridized carbons (Fsp3) is 0.750. The molecular formula is C12H20BrN3S. The van der Waals surface area contributed by atoms with Crippen LogP contribution in [0.4, 0.5) is 0 Å². The number of hydrogen-bond donors (Lipinski definition) is 1. The van der Waals surface area contributed by atoms with Gasteiger partial charge in [0.2, 0.25) is 0 Å². The summed E-state index contributed by atoms with van der Waals surface area (Å²) in [6, 6.07) is 0. The Kier molecular flexibility index (Phi) is 4.94. The molecule has 1 aliphatic heterocycles. The van der Waals surface area contributed by atoms with Crippen molar-refractivity contribution in [3.8, 4) is 0 Å². The third-order valence-corrected chi connectivity index (χ3v) is 5.50. The first-order valence-corrected chi connectivity index (χ1v) is 8.09. The zero-order valence-corrected chi connectivity index (χ0v) is 12.9.